The molecule has 4 nitrogen and oxygen atoms in total. The highest BCUT2D eigenvalue weighted by Gasteiger charge is 2.24. The normalized spacial score (nSPS) is 16.1. The van der Waals surface area contributed by atoms with Crippen LogP contribution in [0.3, 0.4) is 0 Å². The summed E-state index contributed by atoms with van der Waals surface area (Å²) in [5.41, 5.74) is 1.13. The zero-order valence-corrected chi connectivity index (χ0v) is 14.0. The molecule has 0 bridgehead atoms. The Morgan fingerprint density at radius 3 is 2.54 bits per heavy atom. The number of hydrogen-bond donors (Lipinski definition) is 0. The summed E-state index contributed by atoms with van der Waals surface area (Å²) in [7, 11) is 0. The van der Waals surface area contributed by atoms with E-state index in [4.69, 9.17) is 4.74 Å². The second-order valence-corrected chi connectivity index (χ2v) is 6.35. The molecule has 2 aromatic rings. The predicted octanol–water partition coefficient (Wildman–Crippen LogP) is 2.84. The van der Waals surface area contributed by atoms with Crippen LogP contribution >= 0.6 is 0 Å². The largest absolute Gasteiger partial charge is 0.378 e. The number of ketones is 1. The Hall–Kier alpha value is -2.20. The maximum atomic E-state index is 12.5. The van der Waals surface area contributed by atoms with Crippen LogP contribution in [0, 0.1) is 5.92 Å². The molecule has 24 heavy (non-hydrogen) atoms. The number of benzene rings is 2. The molecule has 0 radical (unpaired) electrons. The molecule has 126 valence electrons. The molecule has 3 rings (SSSR count). The summed E-state index contributed by atoms with van der Waals surface area (Å²) in [5, 5.41) is 2.32. The van der Waals surface area contributed by atoms with E-state index in [9.17, 15) is 9.59 Å². The molecule has 2 aromatic carbocycles. The van der Waals surface area contributed by atoms with E-state index in [2.05, 4.69) is 24.3 Å². The summed E-state index contributed by atoms with van der Waals surface area (Å²) in [6.45, 7) is 4.00. The van der Waals surface area contributed by atoms with Crippen LogP contribution in [0.15, 0.2) is 42.5 Å². The van der Waals surface area contributed by atoms with Crippen molar-refractivity contribution in [2.24, 2.45) is 5.92 Å². The fourth-order valence-electron chi connectivity index (χ4n) is 3.25. The van der Waals surface area contributed by atoms with Crippen molar-refractivity contribution in [3.05, 3.63) is 48.0 Å². The van der Waals surface area contributed by atoms with Gasteiger partial charge in [-0.15, -0.1) is 0 Å². The topological polar surface area (TPSA) is 46.6 Å². The minimum absolute atomic E-state index is 0.0544. The van der Waals surface area contributed by atoms with Crippen LogP contribution in [-0.2, 0) is 20.7 Å². The van der Waals surface area contributed by atoms with Gasteiger partial charge in [-0.1, -0.05) is 42.5 Å². The van der Waals surface area contributed by atoms with Gasteiger partial charge in [-0.25, -0.2) is 0 Å². The Balaban J connectivity index is 1.76. The number of hydrogen-bond acceptors (Lipinski definition) is 3. The maximum absolute atomic E-state index is 12.5. The number of ether oxygens (including phenoxy) is 1. The van der Waals surface area contributed by atoms with Crippen LogP contribution in [0.2, 0.25) is 0 Å². The standard InChI is InChI=1S/C20H23NO3/c1-15(22)18(14-20(23)21-9-11-24-12-10-21)13-17-7-4-6-16-5-2-3-8-19(16)17/h2-8,18H,9-14H2,1H3/t18-/m1/s1. The Kier molecular flexibility index (Phi) is 5.26. The van der Waals surface area contributed by atoms with Gasteiger partial charge in [-0.3, -0.25) is 9.59 Å². The van der Waals surface area contributed by atoms with Gasteiger partial charge in [0, 0.05) is 25.4 Å². The Morgan fingerprint density at radius 2 is 1.79 bits per heavy atom. The highest BCUT2D eigenvalue weighted by molar-refractivity contribution is 5.88. The molecule has 1 amide bonds. The van der Waals surface area contributed by atoms with Crippen LogP contribution in [0.25, 0.3) is 10.8 Å². The van der Waals surface area contributed by atoms with Gasteiger partial charge in [-0.05, 0) is 29.7 Å². The lowest BCUT2D eigenvalue weighted by Crippen LogP contribution is -2.42. The minimum atomic E-state index is -0.272. The summed E-state index contributed by atoms with van der Waals surface area (Å²) in [6, 6.07) is 14.3. The van der Waals surface area contributed by atoms with Crippen molar-refractivity contribution >= 4 is 22.5 Å². The summed E-state index contributed by atoms with van der Waals surface area (Å²) >= 11 is 0. The van der Waals surface area contributed by atoms with Crippen molar-refractivity contribution in [2.75, 3.05) is 26.3 Å². The molecule has 0 N–H and O–H groups in total. The number of Topliss-reactive ketones (excluding diaryl/α,β-unsaturated/α-hetero) is 1. The fourth-order valence-corrected chi connectivity index (χ4v) is 3.25. The van der Waals surface area contributed by atoms with E-state index in [1.54, 1.807) is 6.92 Å². The average molecular weight is 325 g/mol. The smallest absolute Gasteiger partial charge is 0.223 e. The third-order valence-electron chi connectivity index (χ3n) is 4.71. The molecule has 1 heterocycles. The average Bonchev–Trinajstić information content (AvgIpc) is 2.62. The highest BCUT2D eigenvalue weighted by Crippen LogP contribution is 2.23. The van der Waals surface area contributed by atoms with E-state index < -0.39 is 0 Å². The summed E-state index contributed by atoms with van der Waals surface area (Å²) in [5.74, 6) is -0.144. The Bertz CT molecular complexity index is 729. The van der Waals surface area contributed by atoms with Crippen LogP contribution in [0.4, 0.5) is 0 Å². The number of morpholine rings is 1. The van der Waals surface area contributed by atoms with Gasteiger partial charge < -0.3 is 9.64 Å². The van der Waals surface area contributed by atoms with Crippen molar-refractivity contribution in [1.82, 2.24) is 4.90 Å². The van der Waals surface area contributed by atoms with E-state index in [1.807, 2.05) is 23.1 Å². The third-order valence-corrected chi connectivity index (χ3v) is 4.71. The molecule has 0 spiro atoms. The minimum Gasteiger partial charge on any atom is -0.378 e. The quantitative estimate of drug-likeness (QED) is 0.849. The van der Waals surface area contributed by atoms with Crippen molar-refractivity contribution in [3.63, 3.8) is 0 Å². The number of rotatable bonds is 5. The predicted molar refractivity (Wildman–Crippen MR) is 93.8 cm³/mol. The summed E-state index contributed by atoms with van der Waals surface area (Å²) in [4.78, 5) is 26.4. The highest BCUT2D eigenvalue weighted by atomic mass is 16.5. The van der Waals surface area contributed by atoms with Gasteiger partial charge in [0.2, 0.25) is 5.91 Å². The molecular weight excluding hydrogens is 302 g/mol. The van der Waals surface area contributed by atoms with Crippen LogP contribution < -0.4 is 0 Å². The van der Waals surface area contributed by atoms with E-state index >= 15 is 0 Å². The van der Waals surface area contributed by atoms with Crippen LogP contribution in [0.5, 0.6) is 0 Å². The fraction of sp³-hybridized carbons (Fsp3) is 0.400. The van der Waals surface area contributed by atoms with E-state index in [0.717, 1.165) is 16.3 Å². The van der Waals surface area contributed by atoms with Gasteiger partial charge >= 0.3 is 0 Å². The maximum Gasteiger partial charge on any atom is 0.223 e. The molecule has 4 heteroatoms. The van der Waals surface area contributed by atoms with Crippen LogP contribution in [0.1, 0.15) is 18.9 Å². The van der Waals surface area contributed by atoms with E-state index in [-0.39, 0.29) is 24.0 Å². The zero-order valence-electron chi connectivity index (χ0n) is 14.0. The first-order chi connectivity index (χ1) is 11.6. The van der Waals surface area contributed by atoms with E-state index in [1.165, 1.54) is 0 Å². The molecule has 0 saturated carbocycles. The molecule has 0 unspecified atom stereocenters. The number of carbonyl (C=O) groups is 2. The van der Waals surface area contributed by atoms with Gasteiger partial charge in [0.25, 0.3) is 0 Å². The lowest BCUT2D eigenvalue weighted by atomic mass is 9.90. The molecule has 1 aliphatic rings. The van der Waals surface area contributed by atoms with E-state index in [0.29, 0.717) is 32.7 Å². The lowest BCUT2D eigenvalue weighted by molar-refractivity contribution is -0.138. The summed E-state index contributed by atoms with van der Waals surface area (Å²) < 4.78 is 5.29. The first-order valence-electron chi connectivity index (χ1n) is 8.48. The zero-order chi connectivity index (χ0) is 16.9. The van der Waals surface area contributed by atoms with Gasteiger partial charge in [0.1, 0.15) is 5.78 Å². The second kappa shape index (κ2) is 7.58. The Labute approximate surface area is 142 Å². The number of nitrogens with zero attached hydrogens (tertiary/aromatic N) is 1. The number of amides is 1. The third kappa shape index (κ3) is 3.82. The Morgan fingerprint density at radius 1 is 1.08 bits per heavy atom. The number of fused-ring (bicyclic) bond motifs is 1. The molecule has 0 aliphatic carbocycles. The molecule has 1 saturated heterocycles. The van der Waals surface area contributed by atoms with Crippen molar-refractivity contribution < 1.29 is 14.3 Å². The molecule has 0 aromatic heterocycles. The number of carbonyl (C=O) groups excluding carboxylic acids is 2. The molecule has 1 aliphatic heterocycles. The van der Waals surface area contributed by atoms with Crippen molar-refractivity contribution in [3.8, 4) is 0 Å². The van der Waals surface area contributed by atoms with Gasteiger partial charge in [0.05, 0.1) is 13.2 Å². The van der Waals surface area contributed by atoms with Crippen LogP contribution in [-0.4, -0.2) is 42.9 Å². The van der Waals surface area contributed by atoms with Crippen molar-refractivity contribution in [2.45, 2.75) is 19.8 Å². The monoisotopic (exact) mass is 325 g/mol. The van der Waals surface area contributed by atoms with Gasteiger partial charge in [-0.2, -0.15) is 0 Å². The second-order valence-electron chi connectivity index (χ2n) is 6.35. The summed E-state index contributed by atoms with van der Waals surface area (Å²) in [6.07, 6.45) is 0.880. The molecule has 1 fully saturated rings. The first-order valence-corrected chi connectivity index (χ1v) is 8.48. The van der Waals surface area contributed by atoms with Gasteiger partial charge in [0.15, 0.2) is 0 Å². The van der Waals surface area contributed by atoms with Crippen molar-refractivity contribution in [1.29, 1.82) is 0 Å². The molecule has 1 atom stereocenters. The first kappa shape index (κ1) is 16.7. The lowest BCUT2D eigenvalue weighted by Gasteiger charge is -2.28. The molecular formula is C20H23NO3. The SMILES string of the molecule is CC(=O)[C@@H](CC(=O)N1CCOCC1)Cc1cccc2ccccc12.